The van der Waals surface area contributed by atoms with Crippen molar-refractivity contribution in [3.8, 4) is 5.69 Å². The lowest BCUT2D eigenvalue weighted by Crippen LogP contribution is -2.27. The molecule has 0 atom stereocenters. The van der Waals surface area contributed by atoms with Gasteiger partial charge in [-0.05, 0) is 31.5 Å². The summed E-state index contributed by atoms with van der Waals surface area (Å²) in [7, 11) is 0. The van der Waals surface area contributed by atoms with Crippen LogP contribution in [0.15, 0.2) is 59.4 Å². The van der Waals surface area contributed by atoms with Crippen molar-refractivity contribution in [2.45, 2.75) is 13.8 Å². The van der Waals surface area contributed by atoms with Crippen LogP contribution in [0.3, 0.4) is 0 Å². The van der Waals surface area contributed by atoms with Crippen LogP contribution in [0.2, 0.25) is 0 Å². The Hall–Kier alpha value is -3.81. The van der Waals surface area contributed by atoms with E-state index in [0.717, 1.165) is 5.56 Å². The number of nitrogens with zero attached hydrogens (tertiary/aromatic N) is 3. The van der Waals surface area contributed by atoms with Crippen LogP contribution >= 0.6 is 0 Å². The van der Waals surface area contributed by atoms with Gasteiger partial charge in [0.15, 0.2) is 5.69 Å². The molecule has 0 unspecified atom stereocenters. The number of aryl methyl sites for hydroxylation is 2. The van der Waals surface area contributed by atoms with Crippen LogP contribution in [0.25, 0.3) is 5.69 Å². The van der Waals surface area contributed by atoms with Crippen LogP contribution in [0.1, 0.15) is 21.7 Å². The van der Waals surface area contributed by atoms with Gasteiger partial charge >= 0.3 is 0 Å². The van der Waals surface area contributed by atoms with E-state index in [0.29, 0.717) is 11.4 Å². The van der Waals surface area contributed by atoms with Gasteiger partial charge in [-0.15, -0.1) is 0 Å². The fourth-order valence-corrected chi connectivity index (χ4v) is 2.64. The molecule has 136 valence electrons. The third-order valence-electron chi connectivity index (χ3n) is 4.02. The second kappa shape index (κ2) is 7.20. The Balaban J connectivity index is 2.08. The fraction of sp³-hybridized carbons (Fsp3) is 0.105. The van der Waals surface area contributed by atoms with Crippen molar-refractivity contribution in [2.24, 2.45) is 0 Å². The molecule has 27 heavy (non-hydrogen) atoms. The highest BCUT2D eigenvalue weighted by atomic mass is 16.6. The first-order valence-electron chi connectivity index (χ1n) is 8.10. The lowest BCUT2D eigenvalue weighted by Gasteiger charge is -2.12. The smallest absolute Gasteiger partial charge is 0.294 e. The average molecular weight is 364 g/mol. The molecule has 1 amide bonds. The van der Waals surface area contributed by atoms with E-state index in [1.54, 1.807) is 25.1 Å². The number of aromatic nitrogens is 2. The molecule has 0 saturated heterocycles. The topological polar surface area (TPSA) is 107 Å². The van der Waals surface area contributed by atoms with Gasteiger partial charge in [0.1, 0.15) is 5.69 Å². The van der Waals surface area contributed by atoms with Crippen LogP contribution in [0, 0.1) is 24.0 Å². The van der Waals surface area contributed by atoms with Gasteiger partial charge in [0.25, 0.3) is 11.6 Å². The second-order valence-corrected chi connectivity index (χ2v) is 5.93. The summed E-state index contributed by atoms with van der Waals surface area (Å²) in [6.45, 7) is 3.41. The zero-order chi connectivity index (χ0) is 19.6. The van der Waals surface area contributed by atoms with Gasteiger partial charge in [-0.1, -0.05) is 30.3 Å². The maximum atomic E-state index is 12.6. The van der Waals surface area contributed by atoms with Crippen molar-refractivity contribution < 1.29 is 9.72 Å². The minimum atomic E-state index is -0.679. The molecule has 3 rings (SSSR count). The van der Waals surface area contributed by atoms with Crippen LogP contribution < -0.4 is 10.7 Å². The van der Waals surface area contributed by atoms with Crippen molar-refractivity contribution in [1.82, 2.24) is 9.78 Å². The van der Waals surface area contributed by atoms with Gasteiger partial charge in [-0.2, -0.15) is 5.10 Å². The highest BCUT2D eigenvalue weighted by molar-refractivity contribution is 6.03. The molecule has 8 nitrogen and oxygen atoms in total. The summed E-state index contributed by atoms with van der Waals surface area (Å²) in [5.41, 5.74) is 0.850. The number of nitrogens with one attached hydrogen (secondary N) is 1. The van der Waals surface area contributed by atoms with E-state index >= 15 is 0 Å². The maximum absolute atomic E-state index is 12.6. The number of hydrogen-bond acceptors (Lipinski definition) is 5. The molecule has 3 aromatic rings. The van der Waals surface area contributed by atoms with Crippen LogP contribution in [-0.4, -0.2) is 20.6 Å². The molecular formula is C19H16N4O4. The summed E-state index contributed by atoms with van der Waals surface area (Å²) < 4.78 is 1.23. The Morgan fingerprint density at radius 1 is 1.11 bits per heavy atom. The normalized spacial score (nSPS) is 10.4. The molecule has 1 N–H and O–H groups in total. The number of hydrogen-bond donors (Lipinski definition) is 1. The van der Waals surface area contributed by atoms with E-state index in [-0.39, 0.29) is 17.1 Å². The number of benzene rings is 2. The standard InChI is InChI=1S/C19H16N4O4/c1-12-7-3-4-8-14(12)20-19(25)18-17(24)11-13(2)22(21-18)15-9-5-6-10-16(15)23(26)27/h3-11H,1-2H3,(H,20,25). The molecule has 0 aliphatic carbocycles. The Kier molecular flexibility index (Phi) is 4.80. The second-order valence-electron chi connectivity index (χ2n) is 5.93. The summed E-state index contributed by atoms with van der Waals surface area (Å²) in [6.07, 6.45) is 0. The molecule has 0 aliphatic heterocycles. The molecule has 1 aromatic heterocycles. The monoisotopic (exact) mass is 364 g/mol. The summed E-state index contributed by atoms with van der Waals surface area (Å²) in [6, 6.07) is 14.4. The Labute approximate surface area is 154 Å². The first-order chi connectivity index (χ1) is 12.9. The summed E-state index contributed by atoms with van der Waals surface area (Å²) in [4.78, 5) is 35.6. The number of rotatable bonds is 4. The zero-order valence-electron chi connectivity index (χ0n) is 14.7. The molecule has 2 aromatic carbocycles. The van der Waals surface area contributed by atoms with Gasteiger partial charge in [-0.25, -0.2) is 4.68 Å². The molecule has 0 spiro atoms. The Bertz CT molecular complexity index is 1100. The van der Waals surface area contributed by atoms with Crippen molar-refractivity contribution in [3.05, 3.63) is 91.9 Å². The highest BCUT2D eigenvalue weighted by Crippen LogP contribution is 2.22. The van der Waals surface area contributed by atoms with E-state index in [1.165, 1.54) is 28.9 Å². The highest BCUT2D eigenvalue weighted by Gasteiger charge is 2.20. The number of nitro benzene ring substituents is 1. The lowest BCUT2D eigenvalue weighted by molar-refractivity contribution is -0.384. The number of nitro groups is 1. The van der Waals surface area contributed by atoms with Crippen LogP contribution in [-0.2, 0) is 0 Å². The predicted molar refractivity (Wildman–Crippen MR) is 100 cm³/mol. The van der Waals surface area contributed by atoms with E-state index in [2.05, 4.69) is 10.4 Å². The largest absolute Gasteiger partial charge is 0.320 e. The van der Waals surface area contributed by atoms with Crippen LogP contribution in [0.4, 0.5) is 11.4 Å². The number of para-hydroxylation sites is 3. The maximum Gasteiger partial charge on any atom is 0.294 e. The van der Waals surface area contributed by atoms with Crippen LogP contribution in [0.5, 0.6) is 0 Å². The van der Waals surface area contributed by atoms with E-state index in [4.69, 9.17) is 0 Å². The molecule has 0 saturated carbocycles. The first-order valence-corrected chi connectivity index (χ1v) is 8.10. The molecular weight excluding hydrogens is 348 g/mol. The molecule has 0 radical (unpaired) electrons. The third-order valence-corrected chi connectivity index (χ3v) is 4.02. The van der Waals surface area contributed by atoms with Crippen molar-refractivity contribution in [2.75, 3.05) is 5.32 Å². The van der Waals surface area contributed by atoms with Gasteiger partial charge < -0.3 is 5.32 Å². The van der Waals surface area contributed by atoms with Gasteiger partial charge in [-0.3, -0.25) is 19.7 Å². The summed E-state index contributed by atoms with van der Waals surface area (Å²) in [5.74, 6) is -0.679. The fourth-order valence-electron chi connectivity index (χ4n) is 2.64. The van der Waals surface area contributed by atoms with Crippen molar-refractivity contribution in [1.29, 1.82) is 0 Å². The molecule has 0 bridgehead atoms. The minimum absolute atomic E-state index is 0.171. The molecule has 0 fully saturated rings. The number of anilines is 1. The van der Waals surface area contributed by atoms with E-state index in [9.17, 15) is 19.7 Å². The Morgan fingerprint density at radius 2 is 1.78 bits per heavy atom. The molecule has 0 aliphatic rings. The van der Waals surface area contributed by atoms with E-state index in [1.807, 2.05) is 19.1 Å². The van der Waals surface area contributed by atoms with Crippen molar-refractivity contribution >= 4 is 17.3 Å². The molecule has 1 heterocycles. The van der Waals surface area contributed by atoms with Gasteiger partial charge in [0, 0.05) is 23.5 Å². The third kappa shape index (κ3) is 3.59. The number of amides is 1. The quantitative estimate of drug-likeness (QED) is 0.566. The summed E-state index contributed by atoms with van der Waals surface area (Å²) in [5, 5.41) is 18.0. The van der Waals surface area contributed by atoms with Crippen molar-refractivity contribution in [3.63, 3.8) is 0 Å². The van der Waals surface area contributed by atoms with E-state index < -0.39 is 16.3 Å². The predicted octanol–water partition coefficient (Wildman–Crippen LogP) is 3.01. The SMILES string of the molecule is Cc1ccccc1NC(=O)c1nn(-c2ccccc2[N+](=O)[O-])c(C)cc1=O. The average Bonchev–Trinajstić information content (AvgIpc) is 2.63. The summed E-state index contributed by atoms with van der Waals surface area (Å²) >= 11 is 0. The minimum Gasteiger partial charge on any atom is -0.320 e. The number of carbonyl (C=O) groups is 1. The zero-order valence-corrected chi connectivity index (χ0v) is 14.7. The molecule has 8 heteroatoms. The van der Waals surface area contributed by atoms with Gasteiger partial charge in [0.2, 0.25) is 5.43 Å². The lowest BCUT2D eigenvalue weighted by atomic mass is 10.2. The Morgan fingerprint density at radius 3 is 2.48 bits per heavy atom. The first kappa shape index (κ1) is 18.0. The number of carbonyl (C=O) groups excluding carboxylic acids is 1. The van der Waals surface area contributed by atoms with Gasteiger partial charge in [0.05, 0.1) is 4.92 Å².